The topological polar surface area (TPSA) is 76.0 Å². The molecule has 1 saturated heterocycles. The Labute approximate surface area is 155 Å². The van der Waals surface area contributed by atoms with Gasteiger partial charge in [-0.25, -0.2) is 0 Å². The summed E-state index contributed by atoms with van der Waals surface area (Å²) in [5.41, 5.74) is 5.94. The lowest BCUT2D eigenvalue weighted by atomic mass is 10.1. The van der Waals surface area contributed by atoms with E-state index in [0.29, 0.717) is 12.5 Å². The number of furan rings is 1. The molecular formula is C16H29IN4O2. The van der Waals surface area contributed by atoms with Crippen LogP contribution in [-0.2, 0) is 4.74 Å². The van der Waals surface area contributed by atoms with Crippen molar-refractivity contribution in [1.29, 1.82) is 0 Å². The van der Waals surface area contributed by atoms with E-state index in [-0.39, 0.29) is 30.0 Å². The Morgan fingerprint density at radius 1 is 1.39 bits per heavy atom. The number of nitrogens with one attached hydrogen (secondary N) is 1. The molecule has 0 radical (unpaired) electrons. The molecule has 3 N–H and O–H groups in total. The van der Waals surface area contributed by atoms with Crippen LogP contribution in [0.25, 0.3) is 0 Å². The van der Waals surface area contributed by atoms with Crippen LogP contribution in [0.15, 0.2) is 21.5 Å². The molecule has 1 fully saturated rings. The lowest BCUT2D eigenvalue weighted by Crippen LogP contribution is -2.41. The number of nitrogens with two attached hydrogens (primary N) is 1. The summed E-state index contributed by atoms with van der Waals surface area (Å²) in [6, 6.07) is 4.14. The van der Waals surface area contributed by atoms with Crippen LogP contribution in [-0.4, -0.2) is 50.3 Å². The zero-order chi connectivity index (χ0) is 15.8. The smallest absolute Gasteiger partial charge is 0.188 e. The van der Waals surface area contributed by atoms with Crippen LogP contribution >= 0.6 is 24.0 Å². The van der Waals surface area contributed by atoms with Gasteiger partial charge in [-0.2, -0.15) is 0 Å². The number of unbranched alkanes of at least 4 members (excludes halogenated alkanes) is 1. The summed E-state index contributed by atoms with van der Waals surface area (Å²) in [6.45, 7) is 8.87. The first-order chi connectivity index (χ1) is 10.7. The standard InChI is InChI=1S/C16H28N4O2.HI/c1-3-4-7-18-16(17)19-12-14(15-6-5-13(2)22-15)20-8-10-21-11-9-20;/h5-6,14H,3-4,7-12H2,1-2H3,(H3,17,18,19);1H. The molecule has 0 aromatic carbocycles. The van der Waals surface area contributed by atoms with Gasteiger partial charge in [-0.15, -0.1) is 24.0 Å². The Morgan fingerprint density at radius 2 is 2.13 bits per heavy atom. The van der Waals surface area contributed by atoms with Gasteiger partial charge in [0, 0.05) is 19.6 Å². The lowest BCUT2D eigenvalue weighted by Gasteiger charge is -2.32. The maximum Gasteiger partial charge on any atom is 0.188 e. The fourth-order valence-electron chi connectivity index (χ4n) is 2.54. The molecule has 132 valence electrons. The summed E-state index contributed by atoms with van der Waals surface area (Å²) in [5, 5.41) is 3.15. The number of aliphatic imine (C=N–C) groups is 1. The summed E-state index contributed by atoms with van der Waals surface area (Å²) < 4.78 is 11.3. The van der Waals surface area contributed by atoms with Gasteiger partial charge in [0.1, 0.15) is 11.5 Å². The molecule has 1 unspecified atom stereocenters. The highest BCUT2D eigenvalue weighted by Gasteiger charge is 2.25. The number of morpholine rings is 1. The van der Waals surface area contributed by atoms with Crippen molar-refractivity contribution in [3.8, 4) is 0 Å². The Morgan fingerprint density at radius 3 is 2.74 bits per heavy atom. The molecule has 7 heteroatoms. The van der Waals surface area contributed by atoms with E-state index in [2.05, 4.69) is 22.1 Å². The molecule has 0 amide bonds. The summed E-state index contributed by atoms with van der Waals surface area (Å²) in [5.74, 6) is 2.38. The van der Waals surface area contributed by atoms with E-state index in [1.165, 1.54) is 0 Å². The molecule has 1 aromatic rings. The van der Waals surface area contributed by atoms with E-state index in [1.807, 2.05) is 19.1 Å². The van der Waals surface area contributed by atoms with Crippen molar-refractivity contribution in [2.75, 3.05) is 39.4 Å². The second-order valence-corrected chi connectivity index (χ2v) is 5.62. The van der Waals surface area contributed by atoms with E-state index in [4.69, 9.17) is 14.9 Å². The molecule has 2 heterocycles. The number of hydrogen-bond acceptors (Lipinski definition) is 4. The molecule has 2 rings (SSSR count). The van der Waals surface area contributed by atoms with Crippen molar-refractivity contribution in [2.45, 2.75) is 32.7 Å². The molecule has 0 saturated carbocycles. The van der Waals surface area contributed by atoms with Gasteiger partial charge in [-0.3, -0.25) is 9.89 Å². The normalized spacial score (nSPS) is 17.6. The predicted molar refractivity (Wildman–Crippen MR) is 103 cm³/mol. The fraction of sp³-hybridized carbons (Fsp3) is 0.688. The minimum atomic E-state index is 0. The van der Waals surface area contributed by atoms with Crippen molar-refractivity contribution in [3.63, 3.8) is 0 Å². The van der Waals surface area contributed by atoms with Crippen LogP contribution in [0.5, 0.6) is 0 Å². The maximum atomic E-state index is 5.94. The summed E-state index contributed by atoms with van der Waals surface area (Å²) in [4.78, 5) is 6.85. The molecule has 0 aliphatic carbocycles. The highest BCUT2D eigenvalue weighted by Crippen LogP contribution is 2.24. The quantitative estimate of drug-likeness (QED) is 0.297. The second kappa shape index (κ2) is 10.9. The Hall–Kier alpha value is -0.800. The average molecular weight is 436 g/mol. The number of hydrogen-bond donors (Lipinski definition) is 2. The van der Waals surface area contributed by atoms with Gasteiger partial charge >= 0.3 is 0 Å². The Balaban J connectivity index is 0.00000264. The first kappa shape index (κ1) is 20.2. The fourth-order valence-corrected chi connectivity index (χ4v) is 2.54. The third-order valence-corrected chi connectivity index (χ3v) is 3.85. The minimum absolute atomic E-state index is 0. The Bertz CT molecular complexity index is 472. The molecule has 1 aliphatic heterocycles. The summed E-state index contributed by atoms with van der Waals surface area (Å²) in [7, 11) is 0. The summed E-state index contributed by atoms with van der Waals surface area (Å²) >= 11 is 0. The largest absolute Gasteiger partial charge is 0.465 e. The number of ether oxygens (including phenoxy) is 1. The van der Waals surface area contributed by atoms with Gasteiger partial charge in [0.05, 0.1) is 25.8 Å². The van der Waals surface area contributed by atoms with E-state index in [0.717, 1.165) is 57.2 Å². The van der Waals surface area contributed by atoms with Crippen LogP contribution in [0.4, 0.5) is 0 Å². The third kappa shape index (κ3) is 6.68. The predicted octanol–water partition coefficient (Wildman–Crippen LogP) is 2.28. The highest BCUT2D eigenvalue weighted by atomic mass is 127. The van der Waals surface area contributed by atoms with E-state index in [1.54, 1.807) is 0 Å². The molecule has 1 aromatic heterocycles. The third-order valence-electron chi connectivity index (χ3n) is 3.85. The molecule has 0 spiro atoms. The number of rotatable bonds is 7. The van der Waals surface area contributed by atoms with Crippen LogP contribution in [0.1, 0.15) is 37.3 Å². The first-order valence-electron chi connectivity index (χ1n) is 8.12. The van der Waals surface area contributed by atoms with Gasteiger partial charge < -0.3 is 20.2 Å². The van der Waals surface area contributed by atoms with Gasteiger partial charge in [-0.1, -0.05) is 13.3 Å². The van der Waals surface area contributed by atoms with Crippen LogP contribution < -0.4 is 11.1 Å². The number of guanidine groups is 1. The van der Waals surface area contributed by atoms with Crippen molar-refractivity contribution in [2.24, 2.45) is 10.7 Å². The van der Waals surface area contributed by atoms with Crippen LogP contribution in [0.3, 0.4) is 0 Å². The SMILES string of the molecule is CCCCNC(N)=NCC(c1ccc(C)o1)N1CCOCC1.I. The average Bonchev–Trinajstić information content (AvgIpc) is 2.95. The zero-order valence-corrected chi connectivity index (χ0v) is 16.4. The van der Waals surface area contributed by atoms with E-state index >= 15 is 0 Å². The molecule has 1 aliphatic rings. The first-order valence-corrected chi connectivity index (χ1v) is 8.12. The van der Waals surface area contributed by atoms with Gasteiger partial charge in [0.2, 0.25) is 0 Å². The van der Waals surface area contributed by atoms with Crippen LogP contribution in [0.2, 0.25) is 0 Å². The highest BCUT2D eigenvalue weighted by molar-refractivity contribution is 14.0. The summed E-state index contributed by atoms with van der Waals surface area (Å²) in [6.07, 6.45) is 2.24. The lowest BCUT2D eigenvalue weighted by molar-refractivity contribution is 0.0135. The number of nitrogens with zero attached hydrogens (tertiary/aromatic N) is 2. The molecule has 1 atom stereocenters. The molecule has 23 heavy (non-hydrogen) atoms. The van der Waals surface area contributed by atoms with Gasteiger partial charge in [-0.05, 0) is 25.5 Å². The van der Waals surface area contributed by atoms with Crippen molar-refractivity contribution < 1.29 is 9.15 Å². The number of aryl methyl sites for hydroxylation is 1. The maximum absolute atomic E-state index is 5.94. The van der Waals surface area contributed by atoms with Crippen LogP contribution in [0, 0.1) is 6.92 Å². The molecule has 0 bridgehead atoms. The van der Waals surface area contributed by atoms with E-state index < -0.39 is 0 Å². The zero-order valence-electron chi connectivity index (χ0n) is 14.1. The monoisotopic (exact) mass is 436 g/mol. The second-order valence-electron chi connectivity index (χ2n) is 5.62. The molecule has 6 nitrogen and oxygen atoms in total. The minimum Gasteiger partial charge on any atom is -0.465 e. The van der Waals surface area contributed by atoms with Crippen molar-refractivity contribution >= 4 is 29.9 Å². The number of halogens is 1. The van der Waals surface area contributed by atoms with E-state index in [9.17, 15) is 0 Å². The van der Waals surface area contributed by atoms with Gasteiger partial charge in [0.25, 0.3) is 0 Å². The van der Waals surface area contributed by atoms with Crippen molar-refractivity contribution in [3.05, 3.63) is 23.7 Å². The van der Waals surface area contributed by atoms with Gasteiger partial charge in [0.15, 0.2) is 5.96 Å². The Kier molecular flexibility index (Phi) is 9.57. The molecular weight excluding hydrogens is 407 g/mol. The van der Waals surface area contributed by atoms with Crippen molar-refractivity contribution in [1.82, 2.24) is 10.2 Å².